The number of rotatable bonds is 9. The molecule has 0 aliphatic carbocycles. The first kappa shape index (κ1) is 26.4. The number of hydrogen-bond donors (Lipinski definition) is 1. The summed E-state index contributed by atoms with van der Waals surface area (Å²) in [6.07, 6.45) is 7.54. The highest BCUT2D eigenvalue weighted by atomic mass is 16.5. The molecule has 0 saturated heterocycles. The highest BCUT2D eigenvalue weighted by molar-refractivity contribution is 6.09. The fourth-order valence-corrected chi connectivity index (χ4v) is 4.40. The normalized spacial score (nSPS) is 12.4. The summed E-state index contributed by atoms with van der Waals surface area (Å²) >= 11 is 0. The van der Waals surface area contributed by atoms with Crippen LogP contribution in [0.15, 0.2) is 109 Å². The summed E-state index contributed by atoms with van der Waals surface area (Å²) in [5.74, 6) is -0.549. The van der Waals surface area contributed by atoms with Crippen LogP contribution in [0.5, 0.6) is 0 Å². The smallest absolute Gasteiger partial charge is 0.337 e. The van der Waals surface area contributed by atoms with Gasteiger partial charge in [0.1, 0.15) is 0 Å². The minimum atomic E-state index is -0.390. The summed E-state index contributed by atoms with van der Waals surface area (Å²) in [4.78, 5) is 29.4. The van der Waals surface area contributed by atoms with Crippen molar-refractivity contribution >= 4 is 28.5 Å². The number of ether oxygens (including phenoxy) is 1. The first-order valence-corrected chi connectivity index (χ1v) is 12.4. The van der Waals surface area contributed by atoms with E-state index in [0.717, 1.165) is 33.3 Å². The third-order valence-corrected chi connectivity index (χ3v) is 6.45. The van der Waals surface area contributed by atoms with E-state index in [0.29, 0.717) is 17.7 Å². The molecule has 1 heterocycles. The number of nitrogens with zero attached hydrogens (tertiary/aromatic N) is 2. The van der Waals surface area contributed by atoms with Gasteiger partial charge in [-0.15, -0.1) is 0 Å². The number of amides is 1. The first-order chi connectivity index (χ1) is 18.4. The van der Waals surface area contributed by atoms with Crippen molar-refractivity contribution in [1.82, 2.24) is 9.88 Å². The molecule has 1 aromatic heterocycles. The van der Waals surface area contributed by atoms with Crippen molar-refractivity contribution in [1.29, 1.82) is 0 Å². The molecular weight excluding hydrogens is 474 g/mol. The monoisotopic (exact) mass is 505 g/mol. The molecule has 0 bridgehead atoms. The minimum absolute atomic E-state index is 0.159. The van der Waals surface area contributed by atoms with Crippen LogP contribution in [-0.4, -0.2) is 36.3 Å². The number of fused-ring (bicyclic) bond motifs is 1. The van der Waals surface area contributed by atoms with E-state index >= 15 is 0 Å². The molecule has 1 amide bonds. The zero-order chi connectivity index (χ0) is 27.1. The number of methoxy groups -OCH3 is 1. The van der Waals surface area contributed by atoms with Gasteiger partial charge in [0.05, 0.1) is 35.5 Å². The molecule has 0 saturated carbocycles. The van der Waals surface area contributed by atoms with Crippen molar-refractivity contribution in [2.45, 2.75) is 19.5 Å². The van der Waals surface area contributed by atoms with Crippen LogP contribution in [0.1, 0.15) is 50.4 Å². The average Bonchev–Trinajstić information content (AvgIpc) is 3.36. The molecule has 1 N–H and O–H groups in total. The van der Waals surface area contributed by atoms with Crippen molar-refractivity contribution in [3.05, 3.63) is 132 Å². The lowest BCUT2D eigenvalue weighted by molar-refractivity contribution is 0.0600. The molecule has 38 heavy (non-hydrogen) atoms. The maximum atomic E-state index is 13.4. The van der Waals surface area contributed by atoms with Gasteiger partial charge < -0.3 is 14.6 Å². The van der Waals surface area contributed by atoms with E-state index in [1.54, 1.807) is 25.3 Å². The number of aromatic nitrogens is 1. The van der Waals surface area contributed by atoms with Gasteiger partial charge in [0.25, 0.3) is 5.91 Å². The van der Waals surface area contributed by atoms with Crippen LogP contribution in [0, 0.1) is 0 Å². The molecule has 4 rings (SSSR count). The van der Waals surface area contributed by atoms with E-state index in [2.05, 4.69) is 45.7 Å². The van der Waals surface area contributed by atoms with E-state index in [1.807, 2.05) is 61.7 Å². The average molecular weight is 506 g/mol. The second-order valence-corrected chi connectivity index (χ2v) is 8.90. The third-order valence-electron chi connectivity index (χ3n) is 6.45. The molecule has 0 aliphatic rings. The van der Waals surface area contributed by atoms with Crippen LogP contribution < -0.4 is 5.32 Å². The van der Waals surface area contributed by atoms with Crippen molar-refractivity contribution < 1.29 is 14.3 Å². The Morgan fingerprint density at radius 2 is 1.74 bits per heavy atom. The maximum absolute atomic E-state index is 13.4. The summed E-state index contributed by atoms with van der Waals surface area (Å²) < 4.78 is 6.86. The van der Waals surface area contributed by atoms with Crippen LogP contribution in [0.25, 0.3) is 10.9 Å². The molecule has 0 spiro atoms. The molecular formula is C32H31N3O3. The third kappa shape index (κ3) is 5.81. The molecule has 1 unspecified atom stereocenters. The van der Waals surface area contributed by atoms with Crippen molar-refractivity contribution in [3.8, 4) is 0 Å². The van der Waals surface area contributed by atoms with Gasteiger partial charge in [-0.05, 0) is 54.0 Å². The molecule has 192 valence electrons. The topological polar surface area (TPSA) is 72.7 Å². The second kappa shape index (κ2) is 12.0. The predicted octanol–water partition coefficient (Wildman–Crippen LogP) is 6.13. The van der Waals surface area contributed by atoms with Gasteiger partial charge in [-0.2, -0.15) is 0 Å². The summed E-state index contributed by atoms with van der Waals surface area (Å²) in [6, 6.07) is 22.9. The lowest BCUT2D eigenvalue weighted by Crippen LogP contribution is -2.27. The van der Waals surface area contributed by atoms with Crippen LogP contribution >= 0.6 is 0 Å². The van der Waals surface area contributed by atoms with Gasteiger partial charge in [-0.3, -0.25) is 9.79 Å². The van der Waals surface area contributed by atoms with Gasteiger partial charge in [0.2, 0.25) is 0 Å². The largest absolute Gasteiger partial charge is 0.465 e. The summed E-state index contributed by atoms with van der Waals surface area (Å²) in [5.41, 5.74) is 5.88. The number of benzene rings is 3. The number of carbonyl (C=O) groups is 2. The molecule has 6 heteroatoms. The van der Waals surface area contributed by atoms with E-state index in [9.17, 15) is 9.59 Å². The Labute approximate surface area is 223 Å². The Bertz CT molecular complexity index is 1510. The number of allylic oxidation sites excluding steroid dienone is 3. The summed E-state index contributed by atoms with van der Waals surface area (Å²) in [6.45, 7) is 6.26. The molecule has 0 radical (unpaired) electrons. The summed E-state index contributed by atoms with van der Waals surface area (Å²) in [5, 5.41) is 4.10. The molecule has 0 fully saturated rings. The van der Waals surface area contributed by atoms with E-state index in [-0.39, 0.29) is 11.9 Å². The zero-order valence-electron chi connectivity index (χ0n) is 21.8. The molecule has 6 nitrogen and oxygen atoms in total. The Morgan fingerprint density at radius 3 is 2.39 bits per heavy atom. The van der Waals surface area contributed by atoms with Gasteiger partial charge >= 0.3 is 5.97 Å². The van der Waals surface area contributed by atoms with Crippen molar-refractivity contribution in [2.75, 3.05) is 14.2 Å². The van der Waals surface area contributed by atoms with Crippen molar-refractivity contribution in [3.63, 3.8) is 0 Å². The van der Waals surface area contributed by atoms with Gasteiger partial charge in [0.15, 0.2) is 0 Å². The van der Waals surface area contributed by atoms with E-state index in [1.165, 1.54) is 7.11 Å². The maximum Gasteiger partial charge on any atom is 0.337 e. The molecule has 3 aromatic carbocycles. The van der Waals surface area contributed by atoms with Crippen LogP contribution in [0.2, 0.25) is 0 Å². The van der Waals surface area contributed by atoms with Crippen molar-refractivity contribution in [2.24, 2.45) is 4.99 Å². The van der Waals surface area contributed by atoms with Crippen LogP contribution in [0.4, 0.5) is 0 Å². The quantitative estimate of drug-likeness (QED) is 0.169. The minimum Gasteiger partial charge on any atom is -0.465 e. The van der Waals surface area contributed by atoms with Crippen LogP contribution in [-0.2, 0) is 11.3 Å². The molecule has 0 aliphatic heterocycles. The number of esters is 1. The highest BCUT2D eigenvalue weighted by Gasteiger charge is 2.17. The zero-order valence-corrected chi connectivity index (χ0v) is 21.8. The Balaban J connectivity index is 1.54. The Kier molecular flexibility index (Phi) is 8.34. The number of hydrogen-bond acceptors (Lipinski definition) is 4. The lowest BCUT2D eigenvalue weighted by Gasteiger charge is -2.16. The fraction of sp³-hybridized carbons (Fsp3) is 0.156. The van der Waals surface area contributed by atoms with Gasteiger partial charge in [0, 0.05) is 25.2 Å². The second-order valence-electron chi connectivity index (χ2n) is 8.90. The lowest BCUT2D eigenvalue weighted by atomic mass is 10.0. The van der Waals surface area contributed by atoms with E-state index < -0.39 is 5.97 Å². The highest BCUT2D eigenvalue weighted by Crippen LogP contribution is 2.23. The van der Waals surface area contributed by atoms with E-state index in [4.69, 9.17) is 4.74 Å². The van der Waals surface area contributed by atoms with Gasteiger partial charge in [-0.25, -0.2) is 4.79 Å². The standard InChI is InChI=1S/C32H31N3O3/c1-5-6-10-29(33-3)25-13-11-23(12-14-25)21-35-20-19-26-8-7-9-28(30(26)35)31(36)34-22(2)24-15-17-27(18-16-24)32(37)38-4/h5-20,22H,1,21H2,2-4H3,(H,34,36)/b10-6-,33-29?. The van der Waals surface area contributed by atoms with Gasteiger partial charge in [-0.1, -0.05) is 67.3 Å². The Hall–Kier alpha value is -4.71. The first-order valence-electron chi connectivity index (χ1n) is 12.4. The van der Waals surface area contributed by atoms with Crippen LogP contribution in [0.3, 0.4) is 0 Å². The molecule has 4 aromatic rings. The predicted molar refractivity (Wildman–Crippen MR) is 153 cm³/mol. The summed E-state index contributed by atoms with van der Waals surface area (Å²) in [7, 11) is 3.12. The fourth-order valence-electron chi connectivity index (χ4n) is 4.40. The number of aliphatic imine (C=N–C) groups is 1. The number of nitrogens with one attached hydrogen (secondary N) is 1. The Morgan fingerprint density at radius 1 is 1.03 bits per heavy atom. The SMILES string of the molecule is C=C/C=C\C(=NC)c1ccc(Cn2ccc3cccc(C(=O)NC(C)c4ccc(C(=O)OC)cc4)c32)cc1. The molecule has 1 atom stereocenters. The number of carbonyl (C=O) groups excluding carboxylic acids is 2. The number of para-hydroxylation sites is 1.